The van der Waals surface area contributed by atoms with Crippen LogP contribution in [0, 0.1) is 0 Å². The van der Waals surface area contributed by atoms with Crippen LogP contribution in [-0.2, 0) is 32.4 Å². The molecule has 2 aromatic heterocycles. The fourth-order valence-electron chi connectivity index (χ4n) is 3.98. The fourth-order valence-corrected chi connectivity index (χ4v) is 3.98. The Morgan fingerprint density at radius 1 is 0.895 bits per heavy atom. The Morgan fingerprint density at radius 3 is 2.37 bits per heavy atom. The summed E-state index contributed by atoms with van der Waals surface area (Å²) in [4.78, 5) is 22.8. The van der Waals surface area contributed by atoms with Crippen LogP contribution in [0.25, 0.3) is 0 Å². The van der Waals surface area contributed by atoms with Crippen molar-refractivity contribution in [2.45, 2.75) is 32.4 Å². The number of hydrogen-bond donors (Lipinski definition) is 1. The number of hydrogen-bond acceptors (Lipinski definition) is 7. The van der Waals surface area contributed by atoms with Crippen molar-refractivity contribution in [1.82, 2.24) is 20.2 Å². The van der Waals surface area contributed by atoms with E-state index < -0.39 is 11.7 Å². The van der Waals surface area contributed by atoms with Gasteiger partial charge in [-0.1, -0.05) is 18.2 Å². The fraction of sp³-hybridized carbons (Fsp3) is 0.222. The predicted octanol–water partition coefficient (Wildman–Crippen LogP) is 4.95. The number of nitrogens with zero attached hydrogens (tertiary/aromatic N) is 3. The molecule has 196 valence electrons. The smallest absolute Gasteiger partial charge is 0.416 e. The van der Waals surface area contributed by atoms with E-state index in [4.69, 9.17) is 13.9 Å². The largest absolute Gasteiger partial charge is 0.454 e. The normalized spacial score (nSPS) is 12.6. The van der Waals surface area contributed by atoms with E-state index in [-0.39, 0.29) is 24.9 Å². The molecule has 0 aliphatic carbocycles. The zero-order chi connectivity index (χ0) is 26.5. The predicted molar refractivity (Wildman–Crippen MR) is 129 cm³/mol. The van der Waals surface area contributed by atoms with Crippen molar-refractivity contribution >= 4 is 5.91 Å². The molecule has 8 nitrogen and oxygen atoms in total. The summed E-state index contributed by atoms with van der Waals surface area (Å²) in [5.41, 5.74) is 1.90. The lowest BCUT2D eigenvalue weighted by atomic mass is 10.1. The first-order valence-corrected chi connectivity index (χ1v) is 11.7. The molecular formula is C27H23F3N4O4. The van der Waals surface area contributed by atoms with E-state index in [0.717, 1.165) is 23.3 Å². The Balaban J connectivity index is 1.29. The minimum Gasteiger partial charge on any atom is -0.454 e. The van der Waals surface area contributed by atoms with Gasteiger partial charge in [-0.05, 0) is 53.1 Å². The lowest BCUT2D eigenvalue weighted by Crippen LogP contribution is -2.24. The van der Waals surface area contributed by atoms with E-state index in [9.17, 15) is 18.0 Å². The number of nitrogens with one attached hydrogen (secondary N) is 1. The van der Waals surface area contributed by atoms with Crippen LogP contribution in [0.3, 0.4) is 0 Å². The van der Waals surface area contributed by atoms with Gasteiger partial charge < -0.3 is 19.2 Å². The lowest BCUT2D eigenvalue weighted by molar-refractivity contribution is -0.137. The highest BCUT2D eigenvalue weighted by Crippen LogP contribution is 2.33. The summed E-state index contributed by atoms with van der Waals surface area (Å²) in [6, 6.07) is 14.2. The molecule has 0 fully saturated rings. The maximum absolute atomic E-state index is 13.0. The van der Waals surface area contributed by atoms with Gasteiger partial charge in [0.1, 0.15) is 6.26 Å². The number of fused-ring (bicyclic) bond motifs is 1. The molecule has 0 saturated carbocycles. The summed E-state index contributed by atoms with van der Waals surface area (Å²) in [5.74, 6) is 1.19. The molecule has 38 heavy (non-hydrogen) atoms. The number of pyridine rings is 1. The minimum absolute atomic E-state index is 0.131. The van der Waals surface area contributed by atoms with Gasteiger partial charge in [0.2, 0.25) is 12.7 Å². The summed E-state index contributed by atoms with van der Waals surface area (Å²) in [6.07, 6.45) is 0.160. The Hall–Kier alpha value is -4.38. The van der Waals surface area contributed by atoms with E-state index in [2.05, 4.69) is 15.3 Å². The zero-order valence-electron chi connectivity index (χ0n) is 20.1. The average molecular weight is 524 g/mol. The third-order valence-corrected chi connectivity index (χ3v) is 5.88. The standard InChI is InChI=1S/C27H23F3N4O4/c28-27(29,30)21-4-1-19(2-5-21)13-34(14-20-3-6-23-24(11-20)38-17-37-23)15-25-33-22(16-36-25)26(35)32-12-18-7-9-31-10-8-18/h1-11,16H,12-15,17H2,(H,32,35). The quantitative estimate of drug-likeness (QED) is 0.331. The van der Waals surface area contributed by atoms with Gasteiger partial charge in [0.05, 0.1) is 12.1 Å². The molecule has 5 rings (SSSR count). The van der Waals surface area contributed by atoms with Crippen molar-refractivity contribution in [2.24, 2.45) is 0 Å². The average Bonchev–Trinajstić information content (AvgIpc) is 3.57. The van der Waals surface area contributed by atoms with Crippen LogP contribution in [0.2, 0.25) is 0 Å². The number of rotatable bonds is 9. The van der Waals surface area contributed by atoms with Gasteiger partial charge in [0.15, 0.2) is 17.2 Å². The Bertz CT molecular complexity index is 1390. The molecule has 3 heterocycles. The van der Waals surface area contributed by atoms with Gasteiger partial charge in [-0.15, -0.1) is 0 Å². The number of carbonyl (C=O) groups is 1. The van der Waals surface area contributed by atoms with Gasteiger partial charge in [-0.25, -0.2) is 4.98 Å². The monoisotopic (exact) mass is 524 g/mol. The molecule has 2 aromatic carbocycles. The van der Waals surface area contributed by atoms with Gasteiger partial charge in [0.25, 0.3) is 5.91 Å². The highest BCUT2D eigenvalue weighted by Gasteiger charge is 2.30. The minimum atomic E-state index is -4.41. The number of oxazole rings is 1. The van der Waals surface area contributed by atoms with E-state index in [1.807, 2.05) is 23.1 Å². The second-order valence-electron chi connectivity index (χ2n) is 8.69. The van der Waals surface area contributed by atoms with E-state index in [1.165, 1.54) is 18.4 Å². The van der Waals surface area contributed by atoms with E-state index in [0.29, 0.717) is 42.6 Å². The van der Waals surface area contributed by atoms with Crippen molar-refractivity contribution in [1.29, 1.82) is 0 Å². The third kappa shape index (κ3) is 6.30. The second kappa shape index (κ2) is 10.9. The van der Waals surface area contributed by atoms with E-state index in [1.54, 1.807) is 24.5 Å². The number of aromatic nitrogens is 2. The van der Waals surface area contributed by atoms with Crippen molar-refractivity contribution in [3.63, 3.8) is 0 Å². The van der Waals surface area contributed by atoms with Crippen LogP contribution in [0.15, 0.2) is 77.7 Å². The molecule has 1 N–H and O–H groups in total. The molecule has 1 amide bonds. The van der Waals surface area contributed by atoms with Crippen LogP contribution in [-0.4, -0.2) is 27.6 Å². The first kappa shape index (κ1) is 25.3. The first-order valence-electron chi connectivity index (χ1n) is 11.7. The molecule has 0 atom stereocenters. The molecule has 0 bridgehead atoms. The summed E-state index contributed by atoms with van der Waals surface area (Å²) < 4.78 is 55.4. The highest BCUT2D eigenvalue weighted by molar-refractivity contribution is 5.91. The number of carbonyl (C=O) groups excluding carboxylic acids is 1. The molecule has 4 aromatic rings. The van der Waals surface area contributed by atoms with Crippen molar-refractivity contribution in [3.8, 4) is 11.5 Å². The Kier molecular flexibility index (Phi) is 7.27. The number of halogens is 3. The van der Waals surface area contributed by atoms with Crippen LogP contribution >= 0.6 is 0 Å². The number of amides is 1. The second-order valence-corrected chi connectivity index (χ2v) is 8.69. The number of alkyl halides is 3. The highest BCUT2D eigenvalue weighted by atomic mass is 19.4. The number of ether oxygens (including phenoxy) is 2. The Morgan fingerprint density at radius 2 is 1.61 bits per heavy atom. The molecule has 1 aliphatic heterocycles. The van der Waals surface area contributed by atoms with Gasteiger partial charge >= 0.3 is 6.18 Å². The summed E-state index contributed by atoms with van der Waals surface area (Å²) >= 11 is 0. The maximum atomic E-state index is 13.0. The van der Waals surface area contributed by atoms with Crippen LogP contribution in [0.4, 0.5) is 13.2 Å². The van der Waals surface area contributed by atoms with Crippen molar-refractivity contribution < 1.29 is 31.9 Å². The van der Waals surface area contributed by atoms with Gasteiger partial charge in [-0.3, -0.25) is 14.7 Å². The molecule has 0 saturated heterocycles. The summed E-state index contributed by atoms with van der Waals surface area (Å²) in [6.45, 7) is 1.42. The topological polar surface area (TPSA) is 89.7 Å². The SMILES string of the molecule is O=C(NCc1ccncc1)c1coc(CN(Cc2ccc(C(F)(F)F)cc2)Cc2ccc3c(c2)OCO3)n1. The molecule has 1 aliphatic rings. The molecule has 0 radical (unpaired) electrons. The molecular weight excluding hydrogens is 501 g/mol. The lowest BCUT2D eigenvalue weighted by Gasteiger charge is -2.21. The van der Waals surface area contributed by atoms with Crippen LogP contribution in [0.1, 0.15) is 38.6 Å². The van der Waals surface area contributed by atoms with Crippen molar-refractivity contribution in [2.75, 3.05) is 6.79 Å². The van der Waals surface area contributed by atoms with Crippen molar-refractivity contribution in [3.05, 3.63) is 107 Å². The molecule has 0 spiro atoms. The Labute approximate surface area is 216 Å². The summed E-state index contributed by atoms with van der Waals surface area (Å²) in [5, 5.41) is 2.78. The maximum Gasteiger partial charge on any atom is 0.416 e. The number of benzene rings is 2. The summed E-state index contributed by atoms with van der Waals surface area (Å²) in [7, 11) is 0. The third-order valence-electron chi connectivity index (χ3n) is 5.88. The van der Waals surface area contributed by atoms with Gasteiger partial charge in [0, 0.05) is 32.0 Å². The van der Waals surface area contributed by atoms with Crippen LogP contribution < -0.4 is 14.8 Å². The molecule has 11 heteroatoms. The molecule has 0 unspecified atom stereocenters. The zero-order valence-corrected chi connectivity index (χ0v) is 20.1. The van der Waals surface area contributed by atoms with Crippen LogP contribution in [0.5, 0.6) is 11.5 Å². The first-order chi connectivity index (χ1) is 18.3. The van der Waals surface area contributed by atoms with E-state index >= 15 is 0 Å². The van der Waals surface area contributed by atoms with Gasteiger partial charge in [-0.2, -0.15) is 13.2 Å².